The molecule has 1 nitrogen and oxygen atoms in total. The summed E-state index contributed by atoms with van der Waals surface area (Å²) in [7, 11) is 0. The van der Waals surface area contributed by atoms with Crippen LogP contribution in [0.25, 0.3) is 0 Å². The van der Waals surface area contributed by atoms with E-state index >= 15 is 0 Å². The van der Waals surface area contributed by atoms with Crippen LogP contribution in [-0.2, 0) is 0 Å². The first-order valence-electron chi connectivity index (χ1n) is 5.05. The summed E-state index contributed by atoms with van der Waals surface area (Å²) < 4.78 is 0. The molecule has 0 aromatic carbocycles. The molecule has 0 saturated heterocycles. The molecule has 0 aromatic heterocycles. The summed E-state index contributed by atoms with van der Waals surface area (Å²) in [6, 6.07) is 0. The Morgan fingerprint density at radius 3 is 2.92 bits per heavy atom. The van der Waals surface area contributed by atoms with Gasteiger partial charge in [0.05, 0.1) is 6.10 Å². The number of alkyl halides is 1. The van der Waals surface area contributed by atoms with Gasteiger partial charge in [-0.2, -0.15) is 0 Å². The summed E-state index contributed by atoms with van der Waals surface area (Å²) in [5.41, 5.74) is 0.285. The van der Waals surface area contributed by atoms with Gasteiger partial charge in [0.15, 0.2) is 0 Å². The number of aliphatic hydroxyl groups excluding tert-OH is 1. The number of hydrogen-bond donors (Lipinski definition) is 1. The maximum atomic E-state index is 9.92. The Morgan fingerprint density at radius 2 is 2.33 bits per heavy atom. The highest BCUT2D eigenvalue weighted by Crippen LogP contribution is 2.67. The Hall–Kier alpha value is 0.440. The third-order valence-corrected chi connectivity index (χ3v) is 5.32. The van der Waals surface area contributed by atoms with Crippen molar-refractivity contribution in [3.05, 3.63) is 0 Å². The lowest BCUT2D eigenvalue weighted by molar-refractivity contribution is 0.0635. The van der Waals surface area contributed by atoms with Crippen molar-refractivity contribution in [1.82, 2.24) is 0 Å². The highest BCUT2D eigenvalue weighted by atomic mass is 79.9. The summed E-state index contributed by atoms with van der Waals surface area (Å²) in [5, 5.41) is 9.92. The molecule has 2 fully saturated rings. The molecule has 2 saturated carbocycles. The number of hydrogen-bond acceptors (Lipinski definition) is 1. The number of halogens is 1. The standard InChI is InChI=1S/C10H17BrO/c1-2-8(12)10-6-4-3-5-7(10)9(10)11/h7-9,12H,2-6H2,1H3/t7-,8-,9-,10-/m0/s1. The van der Waals surface area contributed by atoms with Gasteiger partial charge in [-0.1, -0.05) is 35.7 Å². The van der Waals surface area contributed by atoms with Crippen LogP contribution in [0.1, 0.15) is 39.0 Å². The lowest BCUT2D eigenvalue weighted by atomic mass is 9.83. The first kappa shape index (κ1) is 9.01. The topological polar surface area (TPSA) is 20.2 Å². The average Bonchev–Trinajstić information content (AvgIpc) is 2.73. The molecule has 2 aliphatic rings. The summed E-state index contributed by atoms with van der Waals surface area (Å²) >= 11 is 3.71. The van der Waals surface area contributed by atoms with E-state index < -0.39 is 0 Å². The second-order valence-electron chi connectivity index (χ2n) is 4.29. The number of fused-ring (bicyclic) bond motifs is 1. The Balaban J connectivity index is 2.10. The van der Waals surface area contributed by atoms with E-state index in [0.717, 1.165) is 12.3 Å². The smallest absolute Gasteiger partial charge is 0.0607 e. The molecule has 2 aliphatic carbocycles. The van der Waals surface area contributed by atoms with Crippen molar-refractivity contribution in [2.45, 2.75) is 50.0 Å². The molecule has 0 radical (unpaired) electrons. The van der Waals surface area contributed by atoms with Gasteiger partial charge in [0, 0.05) is 10.2 Å². The fourth-order valence-electron chi connectivity index (χ4n) is 3.00. The van der Waals surface area contributed by atoms with Crippen molar-refractivity contribution in [2.24, 2.45) is 11.3 Å². The molecule has 2 heteroatoms. The van der Waals surface area contributed by atoms with Crippen LogP contribution in [0, 0.1) is 11.3 Å². The zero-order valence-electron chi connectivity index (χ0n) is 7.59. The minimum atomic E-state index is -0.0628. The molecular weight excluding hydrogens is 216 g/mol. The van der Waals surface area contributed by atoms with Crippen molar-refractivity contribution in [1.29, 1.82) is 0 Å². The molecule has 0 heterocycles. The van der Waals surface area contributed by atoms with Crippen molar-refractivity contribution in [3.63, 3.8) is 0 Å². The first-order chi connectivity index (χ1) is 5.73. The Kier molecular flexibility index (Phi) is 2.24. The van der Waals surface area contributed by atoms with Crippen LogP contribution in [0.4, 0.5) is 0 Å². The third kappa shape index (κ3) is 1.00. The summed E-state index contributed by atoms with van der Waals surface area (Å²) in [6.07, 6.45) is 6.10. The molecule has 0 unspecified atom stereocenters. The van der Waals surface area contributed by atoms with Crippen molar-refractivity contribution in [2.75, 3.05) is 0 Å². The van der Waals surface area contributed by atoms with Crippen LogP contribution in [-0.4, -0.2) is 16.0 Å². The summed E-state index contributed by atoms with van der Waals surface area (Å²) in [5.74, 6) is 0.779. The van der Waals surface area contributed by atoms with E-state index in [9.17, 15) is 5.11 Å². The molecule has 0 bridgehead atoms. The van der Waals surface area contributed by atoms with Crippen LogP contribution in [0.5, 0.6) is 0 Å². The monoisotopic (exact) mass is 232 g/mol. The second-order valence-corrected chi connectivity index (χ2v) is 5.28. The molecule has 4 atom stereocenters. The van der Waals surface area contributed by atoms with Crippen molar-refractivity contribution in [3.8, 4) is 0 Å². The average molecular weight is 233 g/mol. The predicted octanol–water partition coefficient (Wildman–Crippen LogP) is 2.71. The maximum Gasteiger partial charge on any atom is 0.0607 e. The van der Waals surface area contributed by atoms with E-state index in [1.807, 2.05) is 0 Å². The molecule has 0 spiro atoms. The second kappa shape index (κ2) is 2.98. The first-order valence-corrected chi connectivity index (χ1v) is 5.97. The molecule has 12 heavy (non-hydrogen) atoms. The fraction of sp³-hybridized carbons (Fsp3) is 1.00. The molecule has 0 aliphatic heterocycles. The normalized spacial score (nSPS) is 48.2. The van der Waals surface area contributed by atoms with Crippen LogP contribution >= 0.6 is 15.9 Å². The van der Waals surface area contributed by atoms with Gasteiger partial charge in [0.2, 0.25) is 0 Å². The molecule has 70 valence electrons. The molecule has 0 aromatic rings. The van der Waals surface area contributed by atoms with Gasteiger partial charge in [-0.05, 0) is 25.2 Å². The van der Waals surface area contributed by atoms with Gasteiger partial charge in [0.1, 0.15) is 0 Å². The highest BCUT2D eigenvalue weighted by Gasteiger charge is 2.66. The van der Waals surface area contributed by atoms with Gasteiger partial charge in [-0.15, -0.1) is 0 Å². The Bertz CT molecular complexity index is 179. The van der Waals surface area contributed by atoms with E-state index in [2.05, 4.69) is 22.9 Å². The molecular formula is C10H17BrO. The van der Waals surface area contributed by atoms with Gasteiger partial charge in [-0.25, -0.2) is 0 Å². The van der Waals surface area contributed by atoms with Crippen LogP contribution in [0.2, 0.25) is 0 Å². The van der Waals surface area contributed by atoms with Crippen molar-refractivity contribution < 1.29 is 5.11 Å². The maximum absolute atomic E-state index is 9.92. The van der Waals surface area contributed by atoms with Crippen LogP contribution in [0.15, 0.2) is 0 Å². The molecule has 2 rings (SSSR count). The van der Waals surface area contributed by atoms with E-state index in [4.69, 9.17) is 0 Å². The summed E-state index contributed by atoms with van der Waals surface area (Å²) in [6.45, 7) is 2.09. The molecule has 0 amide bonds. The van der Waals surface area contributed by atoms with E-state index in [1.54, 1.807) is 0 Å². The highest BCUT2D eigenvalue weighted by molar-refractivity contribution is 9.09. The lowest BCUT2D eigenvalue weighted by Crippen LogP contribution is -2.26. The van der Waals surface area contributed by atoms with Gasteiger partial charge in [0.25, 0.3) is 0 Å². The Labute approximate surface area is 82.7 Å². The van der Waals surface area contributed by atoms with E-state index in [0.29, 0.717) is 4.83 Å². The van der Waals surface area contributed by atoms with E-state index in [1.165, 1.54) is 25.7 Å². The third-order valence-electron chi connectivity index (χ3n) is 3.83. The predicted molar refractivity (Wildman–Crippen MR) is 53.4 cm³/mol. The summed E-state index contributed by atoms with van der Waals surface area (Å²) in [4.78, 5) is 0.613. The lowest BCUT2D eigenvalue weighted by Gasteiger charge is -2.26. The van der Waals surface area contributed by atoms with Gasteiger partial charge >= 0.3 is 0 Å². The SMILES string of the molecule is CC[C@H](O)[C@]12CCCC[C@H]1[C@@H]2Br. The minimum absolute atomic E-state index is 0.0628. The zero-order valence-corrected chi connectivity index (χ0v) is 9.18. The van der Waals surface area contributed by atoms with Gasteiger partial charge < -0.3 is 5.11 Å². The zero-order chi connectivity index (χ0) is 8.77. The van der Waals surface area contributed by atoms with E-state index in [-0.39, 0.29) is 11.5 Å². The quantitative estimate of drug-likeness (QED) is 0.727. The number of aliphatic hydroxyl groups is 1. The largest absolute Gasteiger partial charge is 0.393 e. The molecule has 1 N–H and O–H groups in total. The van der Waals surface area contributed by atoms with Crippen LogP contribution in [0.3, 0.4) is 0 Å². The Morgan fingerprint density at radius 1 is 1.58 bits per heavy atom. The fourth-order valence-corrected chi connectivity index (χ4v) is 4.48. The minimum Gasteiger partial charge on any atom is -0.393 e. The van der Waals surface area contributed by atoms with Gasteiger partial charge in [-0.3, -0.25) is 0 Å². The van der Waals surface area contributed by atoms with Crippen LogP contribution < -0.4 is 0 Å². The number of rotatable bonds is 2. The van der Waals surface area contributed by atoms with Crippen molar-refractivity contribution >= 4 is 15.9 Å².